The summed E-state index contributed by atoms with van der Waals surface area (Å²) in [5.74, 6) is -1.53. The van der Waals surface area contributed by atoms with Gasteiger partial charge in [0.25, 0.3) is 0 Å². The Balaban J connectivity index is 2.51. The molecule has 0 saturated carbocycles. The second-order valence-electron chi connectivity index (χ2n) is 4.16. The van der Waals surface area contributed by atoms with E-state index in [9.17, 15) is 13.6 Å². The molecule has 1 heterocycles. The van der Waals surface area contributed by atoms with Crippen LogP contribution in [0.2, 0.25) is 0 Å². The molecule has 19 heavy (non-hydrogen) atoms. The Labute approximate surface area is 123 Å². The summed E-state index contributed by atoms with van der Waals surface area (Å²) in [6, 6.07) is 2.21. The molecule has 1 aliphatic heterocycles. The summed E-state index contributed by atoms with van der Waals surface area (Å²) in [5, 5.41) is 0. The smallest absolute Gasteiger partial charge is 0.240 e. The second-order valence-corrected chi connectivity index (χ2v) is 5.66. The molecule has 0 fully saturated rings. The van der Waals surface area contributed by atoms with E-state index in [0.29, 0.717) is 6.42 Å². The van der Waals surface area contributed by atoms with Crippen molar-refractivity contribution in [1.29, 1.82) is 0 Å². The number of nitrogens with zero attached hydrogens (tertiary/aromatic N) is 1. The quantitative estimate of drug-likeness (QED) is 0.584. The van der Waals surface area contributed by atoms with Crippen molar-refractivity contribution in [1.82, 2.24) is 4.90 Å². The molecule has 3 nitrogen and oxygen atoms in total. The number of hydrogen-bond acceptors (Lipinski definition) is 2. The van der Waals surface area contributed by atoms with Gasteiger partial charge in [-0.3, -0.25) is 4.79 Å². The molecule has 1 aromatic rings. The Hall–Kier alpha value is -1.18. The lowest BCUT2D eigenvalue weighted by molar-refractivity contribution is -0.126. The lowest BCUT2D eigenvalue weighted by Crippen LogP contribution is -2.35. The van der Waals surface area contributed by atoms with Gasteiger partial charge in [0.05, 0.1) is 22.3 Å². The monoisotopic (exact) mass is 379 g/mol. The Kier molecular flexibility index (Phi) is 4.07. The van der Waals surface area contributed by atoms with Crippen LogP contribution in [0.15, 0.2) is 18.2 Å². The summed E-state index contributed by atoms with van der Waals surface area (Å²) < 4.78 is 32.6. The summed E-state index contributed by atoms with van der Waals surface area (Å²) in [4.78, 5) is 13.1. The van der Waals surface area contributed by atoms with E-state index < -0.39 is 11.6 Å². The van der Waals surface area contributed by atoms with Crippen molar-refractivity contribution in [2.45, 2.75) is 10.3 Å². The maximum atomic E-state index is 14.0. The van der Waals surface area contributed by atoms with Crippen molar-refractivity contribution in [2.24, 2.45) is 0 Å². The first-order chi connectivity index (χ1) is 8.95. The van der Waals surface area contributed by atoms with Crippen LogP contribution in [0, 0.1) is 11.6 Å². The van der Waals surface area contributed by atoms with Gasteiger partial charge in [0.1, 0.15) is 17.4 Å². The minimum Gasteiger partial charge on any atom is -0.497 e. The van der Waals surface area contributed by atoms with Crippen LogP contribution in [-0.4, -0.2) is 28.9 Å². The lowest BCUT2D eigenvalue weighted by atomic mass is 10.0. The zero-order valence-electron chi connectivity index (χ0n) is 10.4. The zero-order valence-corrected chi connectivity index (χ0v) is 12.6. The number of benzene rings is 1. The Morgan fingerprint density at radius 2 is 1.95 bits per heavy atom. The standard InChI is InChI=1S/C13H12F2INO2/c1-17-11(4-3-10(16)13(17)18)12-8(14)5-7(19-2)6-9(12)15/h4-6,10H,3H2,1-2H3. The average molecular weight is 379 g/mol. The van der Waals surface area contributed by atoms with Crippen molar-refractivity contribution in [3.63, 3.8) is 0 Å². The topological polar surface area (TPSA) is 29.5 Å². The first kappa shape index (κ1) is 14.2. The number of amides is 1. The molecule has 0 radical (unpaired) electrons. The van der Waals surface area contributed by atoms with E-state index in [4.69, 9.17) is 4.74 Å². The van der Waals surface area contributed by atoms with Crippen molar-refractivity contribution in [3.8, 4) is 5.75 Å². The van der Waals surface area contributed by atoms with Gasteiger partial charge in [0.2, 0.25) is 5.91 Å². The second kappa shape index (κ2) is 5.44. The number of halogens is 3. The number of rotatable bonds is 2. The van der Waals surface area contributed by atoms with Crippen LogP contribution in [0.1, 0.15) is 12.0 Å². The van der Waals surface area contributed by atoms with Crippen LogP contribution in [0.4, 0.5) is 8.78 Å². The third-order valence-electron chi connectivity index (χ3n) is 2.99. The highest BCUT2D eigenvalue weighted by Gasteiger charge is 2.29. The largest absolute Gasteiger partial charge is 0.497 e. The van der Waals surface area contributed by atoms with Gasteiger partial charge < -0.3 is 9.64 Å². The zero-order chi connectivity index (χ0) is 14.2. The van der Waals surface area contributed by atoms with E-state index in [2.05, 4.69) is 0 Å². The van der Waals surface area contributed by atoms with Crippen LogP contribution < -0.4 is 4.74 Å². The first-order valence-corrected chi connectivity index (χ1v) is 6.85. The van der Waals surface area contributed by atoms with Gasteiger partial charge in [-0.1, -0.05) is 28.7 Å². The van der Waals surface area contributed by atoms with Gasteiger partial charge in [-0.05, 0) is 6.42 Å². The molecular formula is C13H12F2INO2. The van der Waals surface area contributed by atoms with Crippen molar-refractivity contribution in [3.05, 3.63) is 35.4 Å². The number of alkyl halides is 1. The van der Waals surface area contributed by atoms with Gasteiger partial charge in [0, 0.05) is 19.2 Å². The minimum atomic E-state index is -0.741. The SMILES string of the molecule is COc1cc(F)c(C2=CCC(I)C(=O)N2C)c(F)c1. The molecule has 0 saturated heterocycles. The molecule has 6 heteroatoms. The van der Waals surface area contributed by atoms with E-state index in [1.54, 1.807) is 6.08 Å². The molecule has 1 atom stereocenters. The van der Waals surface area contributed by atoms with Crippen molar-refractivity contribution in [2.75, 3.05) is 14.2 Å². The highest BCUT2D eigenvalue weighted by atomic mass is 127. The predicted molar refractivity (Wildman–Crippen MR) is 76.1 cm³/mol. The Morgan fingerprint density at radius 1 is 1.37 bits per heavy atom. The van der Waals surface area contributed by atoms with Gasteiger partial charge in [-0.25, -0.2) is 8.78 Å². The van der Waals surface area contributed by atoms with Crippen LogP contribution >= 0.6 is 22.6 Å². The van der Waals surface area contributed by atoms with E-state index in [1.807, 2.05) is 22.6 Å². The van der Waals surface area contributed by atoms with Crippen molar-refractivity contribution >= 4 is 34.2 Å². The molecule has 1 unspecified atom stereocenters. The Bertz CT molecular complexity index is 537. The third-order valence-corrected chi connectivity index (χ3v) is 4.03. The number of methoxy groups -OCH3 is 1. The fourth-order valence-corrected chi connectivity index (χ4v) is 2.64. The van der Waals surface area contributed by atoms with Gasteiger partial charge in [-0.15, -0.1) is 0 Å². The average Bonchev–Trinajstić information content (AvgIpc) is 2.37. The lowest BCUT2D eigenvalue weighted by Gasteiger charge is -2.28. The summed E-state index contributed by atoms with van der Waals surface area (Å²) in [7, 11) is 2.85. The number of hydrogen-bond donors (Lipinski definition) is 0. The highest BCUT2D eigenvalue weighted by molar-refractivity contribution is 14.1. The molecule has 1 amide bonds. The van der Waals surface area contributed by atoms with Crippen LogP contribution in [-0.2, 0) is 4.79 Å². The fraction of sp³-hybridized carbons (Fsp3) is 0.308. The summed E-state index contributed by atoms with van der Waals surface area (Å²) >= 11 is 2.01. The normalized spacial score (nSPS) is 19.4. The van der Waals surface area contributed by atoms with Gasteiger partial charge in [0.15, 0.2) is 0 Å². The number of allylic oxidation sites excluding steroid dienone is 1. The van der Waals surface area contributed by atoms with Crippen LogP contribution in [0.25, 0.3) is 5.70 Å². The van der Waals surface area contributed by atoms with E-state index in [-0.39, 0.29) is 26.8 Å². The molecule has 0 N–H and O–H groups in total. The maximum absolute atomic E-state index is 14.0. The molecule has 102 valence electrons. The van der Waals surface area contributed by atoms with Gasteiger partial charge >= 0.3 is 0 Å². The maximum Gasteiger partial charge on any atom is 0.240 e. The van der Waals surface area contributed by atoms with E-state index >= 15 is 0 Å². The number of carbonyl (C=O) groups is 1. The molecule has 2 rings (SSSR count). The molecule has 0 aromatic heterocycles. The summed E-state index contributed by atoms with van der Waals surface area (Å²) in [5.41, 5.74) is 0.0653. The molecule has 0 bridgehead atoms. The van der Waals surface area contributed by atoms with Crippen LogP contribution in [0.5, 0.6) is 5.75 Å². The minimum absolute atomic E-state index is 0.107. The highest BCUT2D eigenvalue weighted by Crippen LogP contribution is 2.32. The molecule has 1 aliphatic rings. The Morgan fingerprint density at radius 3 is 2.47 bits per heavy atom. The van der Waals surface area contributed by atoms with Crippen LogP contribution in [0.3, 0.4) is 0 Å². The predicted octanol–water partition coefficient (Wildman–Crippen LogP) is 2.98. The summed E-state index contributed by atoms with van der Waals surface area (Å²) in [6.45, 7) is 0. The number of ether oxygens (including phenoxy) is 1. The molecule has 0 spiro atoms. The fourth-order valence-electron chi connectivity index (χ4n) is 1.96. The van der Waals surface area contributed by atoms with Gasteiger partial charge in [-0.2, -0.15) is 0 Å². The summed E-state index contributed by atoms with van der Waals surface area (Å²) in [6.07, 6.45) is 2.14. The molecule has 1 aromatic carbocycles. The van der Waals surface area contributed by atoms with Crippen molar-refractivity contribution < 1.29 is 18.3 Å². The van der Waals surface area contributed by atoms with E-state index in [1.165, 1.54) is 19.1 Å². The third kappa shape index (κ3) is 2.58. The number of carbonyl (C=O) groups excluding carboxylic acids is 1. The first-order valence-electron chi connectivity index (χ1n) is 5.61. The van der Waals surface area contributed by atoms with E-state index in [0.717, 1.165) is 12.1 Å². The molecular weight excluding hydrogens is 367 g/mol. The molecule has 0 aliphatic carbocycles.